The van der Waals surface area contributed by atoms with Gasteiger partial charge in [0.25, 0.3) is 0 Å². The minimum atomic E-state index is -3.54. The Morgan fingerprint density at radius 2 is 2.12 bits per heavy atom. The Kier molecular flexibility index (Phi) is 5.75. The first-order valence-electron chi connectivity index (χ1n) is 10.7. The summed E-state index contributed by atoms with van der Waals surface area (Å²) < 4.78 is 48.5. The molecule has 0 unspecified atom stereocenters. The lowest BCUT2D eigenvalue weighted by Crippen LogP contribution is -2.36. The van der Waals surface area contributed by atoms with E-state index in [1.807, 2.05) is 25.1 Å². The van der Waals surface area contributed by atoms with Gasteiger partial charge in [-0.25, -0.2) is 17.5 Å². The Morgan fingerprint density at radius 1 is 1.25 bits per heavy atom. The molecule has 1 aliphatic heterocycles. The molecule has 6 nitrogen and oxygen atoms in total. The largest absolute Gasteiger partial charge is 0.356 e. The van der Waals surface area contributed by atoms with Gasteiger partial charge in [0.05, 0.1) is 5.69 Å². The van der Waals surface area contributed by atoms with E-state index >= 15 is 0 Å². The van der Waals surface area contributed by atoms with E-state index in [-0.39, 0.29) is 11.9 Å². The second-order valence-electron chi connectivity index (χ2n) is 8.39. The number of rotatable bonds is 7. The highest BCUT2D eigenvalue weighted by molar-refractivity contribution is 7.91. The fourth-order valence-corrected chi connectivity index (χ4v) is 6.95. The summed E-state index contributed by atoms with van der Waals surface area (Å²) >= 11 is 1.31. The average Bonchev–Trinajstić information content (AvgIpc) is 3.46. The van der Waals surface area contributed by atoms with Crippen LogP contribution in [0.5, 0.6) is 0 Å². The summed E-state index contributed by atoms with van der Waals surface area (Å²) in [4.78, 5) is 2.27. The maximum Gasteiger partial charge on any atom is 0.250 e. The summed E-state index contributed by atoms with van der Waals surface area (Å²) in [6, 6.07) is 12.1. The van der Waals surface area contributed by atoms with Crippen LogP contribution in [-0.2, 0) is 16.4 Å². The predicted octanol–water partition coefficient (Wildman–Crippen LogP) is 4.48. The summed E-state index contributed by atoms with van der Waals surface area (Å²) in [5.41, 5.74) is 2.41. The molecule has 5 rings (SSSR count). The molecule has 4 aromatic rings. The van der Waals surface area contributed by atoms with Crippen molar-refractivity contribution in [2.75, 3.05) is 19.6 Å². The number of aryl methyl sites for hydroxylation is 2. The molecule has 1 atom stereocenters. The molecule has 1 aliphatic rings. The van der Waals surface area contributed by atoms with Gasteiger partial charge >= 0.3 is 0 Å². The van der Waals surface area contributed by atoms with Gasteiger partial charge < -0.3 is 9.42 Å². The molecule has 2 aromatic heterocycles. The van der Waals surface area contributed by atoms with E-state index in [4.69, 9.17) is 4.52 Å². The van der Waals surface area contributed by atoms with Crippen molar-refractivity contribution in [3.63, 3.8) is 0 Å². The molecule has 0 radical (unpaired) electrons. The molecule has 0 bridgehead atoms. The van der Waals surface area contributed by atoms with Gasteiger partial charge in [-0.1, -0.05) is 22.9 Å². The number of nitrogens with zero attached hydrogens (tertiary/aromatic N) is 2. The number of hydrogen-bond donors (Lipinski definition) is 1. The third-order valence-corrected chi connectivity index (χ3v) is 9.02. The van der Waals surface area contributed by atoms with E-state index in [2.05, 4.69) is 14.8 Å². The Hall–Kier alpha value is -2.33. The van der Waals surface area contributed by atoms with Gasteiger partial charge in [-0.3, -0.25) is 0 Å². The lowest BCUT2D eigenvalue weighted by molar-refractivity contribution is 0.326. The summed E-state index contributed by atoms with van der Waals surface area (Å²) in [6.07, 6.45) is 2.39. The highest BCUT2D eigenvalue weighted by atomic mass is 32.2. The normalized spacial score (nSPS) is 17.6. The standard InChI is InChI=1S/C23H24FN3O3S2/c1-15-4-7-22-16(11-15)12-23(31-22)32(28,29)26-18-8-10-27(14-18)9-2-3-20-19-6-5-17(24)13-21(19)30-25-20/h4-7,11-13,18,26H,2-3,8-10,14H2,1H3/t18-/m0/s1. The van der Waals surface area contributed by atoms with Gasteiger partial charge in [-0.15, -0.1) is 11.3 Å². The van der Waals surface area contributed by atoms with Crippen LogP contribution < -0.4 is 4.72 Å². The number of halogens is 1. The Bertz CT molecular complexity index is 1380. The van der Waals surface area contributed by atoms with Crippen LogP contribution in [-0.4, -0.2) is 44.2 Å². The number of aromatic nitrogens is 1. The number of sulfonamides is 1. The quantitative estimate of drug-likeness (QED) is 0.429. The van der Waals surface area contributed by atoms with Gasteiger partial charge in [0.15, 0.2) is 5.58 Å². The van der Waals surface area contributed by atoms with Crippen LogP contribution in [0.2, 0.25) is 0 Å². The molecule has 1 N–H and O–H groups in total. The van der Waals surface area contributed by atoms with E-state index in [9.17, 15) is 12.8 Å². The van der Waals surface area contributed by atoms with Crippen molar-refractivity contribution in [1.29, 1.82) is 0 Å². The molecule has 9 heteroatoms. The Labute approximate surface area is 190 Å². The van der Waals surface area contributed by atoms with Gasteiger partial charge in [-0.05, 0) is 68.9 Å². The summed E-state index contributed by atoms with van der Waals surface area (Å²) in [5, 5.41) is 5.88. The van der Waals surface area contributed by atoms with Crippen LogP contribution in [0.15, 0.2) is 51.2 Å². The topological polar surface area (TPSA) is 75.4 Å². The molecule has 3 heterocycles. The molecule has 0 saturated carbocycles. The highest BCUT2D eigenvalue weighted by Crippen LogP contribution is 2.30. The zero-order chi connectivity index (χ0) is 22.3. The van der Waals surface area contributed by atoms with Crippen LogP contribution in [0.1, 0.15) is 24.1 Å². The zero-order valence-corrected chi connectivity index (χ0v) is 19.3. The van der Waals surface area contributed by atoms with Gasteiger partial charge in [0, 0.05) is 28.7 Å². The number of hydrogen-bond acceptors (Lipinski definition) is 6. The monoisotopic (exact) mass is 473 g/mol. The van der Waals surface area contributed by atoms with Gasteiger partial charge in [0.2, 0.25) is 10.0 Å². The SMILES string of the molecule is Cc1ccc2sc(S(=O)(=O)N[C@H]3CCN(CCCc4noc5cc(F)ccc45)C3)cc2c1. The number of likely N-dealkylation sites (tertiary alicyclic amines) is 1. The third-order valence-electron chi connectivity index (χ3n) is 5.90. The van der Waals surface area contributed by atoms with Crippen LogP contribution in [0.25, 0.3) is 21.1 Å². The van der Waals surface area contributed by atoms with E-state index in [0.29, 0.717) is 16.3 Å². The molecule has 1 saturated heterocycles. The van der Waals surface area contributed by atoms with Crippen molar-refractivity contribution in [3.05, 3.63) is 59.5 Å². The lowest BCUT2D eigenvalue weighted by Gasteiger charge is -2.16. The van der Waals surface area contributed by atoms with Crippen LogP contribution in [0.4, 0.5) is 4.39 Å². The minimum absolute atomic E-state index is 0.0946. The molecule has 32 heavy (non-hydrogen) atoms. The number of nitrogens with one attached hydrogen (secondary N) is 1. The summed E-state index contributed by atoms with van der Waals surface area (Å²) in [6.45, 7) is 4.38. The lowest BCUT2D eigenvalue weighted by atomic mass is 10.1. The van der Waals surface area contributed by atoms with Crippen molar-refractivity contribution >= 4 is 42.4 Å². The summed E-state index contributed by atoms with van der Waals surface area (Å²) in [5.74, 6) is -0.337. The molecule has 2 aromatic carbocycles. The van der Waals surface area contributed by atoms with E-state index < -0.39 is 10.0 Å². The minimum Gasteiger partial charge on any atom is -0.356 e. The van der Waals surface area contributed by atoms with Gasteiger partial charge in [-0.2, -0.15) is 0 Å². The number of benzene rings is 2. The smallest absolute Gasteiger partial charge is 0.250 e. The fraction of sp³-hybridized carbons (Fsp3) is 0.348. The van der Waals surface area contributed by atoms with Crippen LogP contribution in [0, 0.1) is 12.7 Å². The van der Waals surface area contributed by atoms with E-state index in [1.165, 1.54) is 23.5 Å². The van der Waals surface area contributed by atoms with E-state index in [1.54, 1.807) is 12.1 Å². The molecule has 0 amide bonds. The first kappa shape index (κ1) is 21.5. The first-order chi connectivity index (χ1) is 15.4. The Balaban J connectivity index is 1.16. The first-order valence-corrected chi connectivity index (χ1v) is 13.0. The predicted molar refractivity (Wildman–Crippen MR) is 124 cm³/mol. The second-order valence-corrected chi connectivity index (χ2v) is 11.4. The van der Waals surface area contributed by atoms with Crippen molar-refractivity contribution in [2.24, 2.45) is 0 Å². The second kappa shape index (κ2) is 8.55. The van der Waals surface area contributed by atoms with Crippen LogP contribution >= 0.6 is 11.3 Å². The van der Waals surface area contributed by atoms with Crippen molar-refractivity contribution < 1.29 is 17.3 Å². The van der Waals surface area contributed by atoms with Crippen molar-refractivity contribution in [1.82, 2.24) is 14.8 Å². The van der Waals surface area contributed by atoms with Gasteiger partial charge in [0.1, 0.15) is 10.0 Å². The molecule has 0 spiro atoms. The Morgan fingerprint density at radius 3 is 3.00 bits per heavy atom. The number of thiophene rings is 1. The fourth-order valence-electron chi connectivity index (χ4n) is 4.29. The summed E-state index contributed by atoms with van der Waals surface area (Å²) in [7, 11) is -3.54. The zero-order valence-electron chi connectivity index (χ0n) is 17.7. The van der Waals surface area contributed by atoms with Crippen LogP contribution in [0.3, 0.4) is 0 Å². The van der Waals surface area contributed by atoms with Crippen molar-refractivity contribution in [3.8, 4) is 0 Å². The molecular weight excluding hydrogens is 449 g/mol. The third kappa shape index (κ3) is 4.43. The maximum atomic E-state index is 13.3. The molecule has 168 valence electrons. The molecule has 0 aliphatic carbocycles. The van der Waals surface area contributed by atoms with E-state index in [0.717, 1.165) is 59.1 Å². The maximum absolute atomic E-state index is 13.3. The highest BCUT2D eigenvalue weighted by Gasteiger charge is 2.28. The molecule has 1 fully saturated rings. The molecular formula is C23H24FN3O3S2. The average molecular weight is 474 g/mol. The van der Waals surface area contributed by atoms with Crippen molar-refractivity contribution in [2.45, 2.75) is 36.4 Å². The number of fused-ring (bicyclic) bond motifs is 2.